The zero-order chi connectivity index (χ0) is 12.1. The highest BCUT2D eigenvalue weighted by molar-refractivity contribution is 4.83. The van der Waals surface area contributed by atoms with Crippen molar-refractivity contribution < 1.29 is 4.74 Å². The van der Waals surface area contributed by atoms with Gasteiger partial charge in [-0.3, -0.25) is 0 Å². The Morgan fingerprint density at radius 3 is 2.53 bits per heavy atom. The molecule has 1 aliphatic carbocycles. The molecule has 2 rings (SSSR count). The molecule has 0 radical (unpaired) electrons. The molecular weight excluding hydrogens is 210 g/mol. The third-order valence-corrected chi connectivity index (χ3v) is 4.71. The van der Waals surface area contributed by atoms with Gasteiger partial charge in [-0.15, -0.1) is 0 Å². The van der Waals surface area contributed by atoms with E-state index < -0.39 is 0 Å². The SMILES string of the molecule is CCNC(CC1CCOC1)C1CCC(C)CC1. The molecule has 0 amide bonds. The van der Waals surface area contributed by atoms with Crippen LogP contribution in [-0.2, 0) is 4.74 Å². The number of ether oxygens (including phenoxy) is 1. The van der Waals surface area contributed by atoms with E-state index in [0.717, 1.165) is 43.6 Å². The van der Waals surface area contributed by atoms with E-state index >= 15 is 0 Å². The van der Waals surface area contributed by atoms with Gasteiger partial charge >= 0.3 is 0 Å². The van der Waals surface area contributed by atoms with Crippen molar-refractivity contribution in [2.45, 2.75) is 58.4 Å². The maximum atomic E-state index is 5.51. The highest BCUT2D eigenvalue weighted by Gasteiger charge is 2.28. The van der Waals surface area contributed by atoms with Crippen LogP contribution < -0.4 is 5.32 Å². The van der Waals surface area contributed by atoms with E-state index in [1.807, 2.05) is 0 Å². The lowest BCUT2D eigenvalue weighted by Gasteiger charge is -2.34. The van der Waals surface area contributed by atoms with E-state index in [4.69, 9.17) is 4.74 Å². The zero-order valence-electron chi connectivity index (χ0n) is 11.6. The Hall–Kier alpha value is -0.0800. The summed E-state index contributed by atoms with van der Waals surface area (Å²) in [5.74, 6) is 2.70. The molecule has 100 valence electrons. The van der Waals surface area contributed by atoms with Crippen molar-refractivity contribution in [2.24, 2.45) is 17.8 Å². The molecular formula is C15H29NO. The normalized spacial score (nSPS) is 36.0. The fourth-order valence-corrected chi connectivity index (χ4v) is 3.52. The van der Waals surface area contributed by atoms with Gasteiger partial charge < -0.3 is 10.1 Å². The molecule has 2 fully saturated rings. The lowest BCUT2D eigenvalue weighted by atomic mass is 9.77. The second-order valence-corrected chi connectivity index (χ2v) is 6.15. The molecule has 1 aliphatic heterocycles. The highest BCUT2D eigenvalue weighted by atomic mass is 16.5. The quantitative estimate of drug-likeness (QED) is 0.795. The van der Waals surface area contributed by atoms with Gasteiger partial charge in [0.05, 0.1) is 0 Å². The lowest BCUT2D eigenvalue weighted by molar-refractivity contribution is 0.168. The molecule has 0 aromatic carbocycles. The van der Waals surface area contributed by atoms with E-state index in [2.05, 4.69) is 19.2 Å². The molecule has 1 heterocycles. The van der Waals surface area contributed by atoms with Crippen LogP contribution in [0.5, 0.6) is 0 Å². The topological polar surface area (TPSA) is 21.3 Å². The maximum absolute atomic E-state index is 5.51. The summed E-state index contributed by atoms with van der Waals surface area (Å²) in [6.07, 6.45) is 8.37. The molecule has 2 nitrogen and oxygen atoms in total. The van der Waals surface area contributed by atoms with Gasteiger partial charge in [0, 0.05) is 19.3 Å². The molecule has 2 aliphatic rings. The van der Waals surface area contributed by atoms with Crippen LogP contribution in [0.1, 0.15) is 52.4 Å². The number of hydrogen-bond acceptors (Lipinski definition) is 2. The first-order valence-corrected chi connectivity index (χ1v) is 7.60. The number of hydrogen-bond donors (Lipinski definition) is 1. The minimum Gasteiger partial charge on any atom is -0.381 e. The van der Waals surface area contributed by atoms with Gasteiger partial charge in [0.2, 0.25) is 0 Å². The fourth-order valence-electron chi connectivity index (χ4n) is 3.52. The summed E-state index contributed by atoms with van der Waals surface area (Å²) in [6, 6.07) is 0.749. The van der Waals surface area contributed by atoms with Crippen LogP contribution in [0, 0.1) is 17.8 Å². The first-order chi connectivity index (χ1) is 8.29. The fraction of sp³-hybridized carbons (Fsp3) is 1.00. The zero-order valence-corrected chi connectivity index (χ0v) is 11.6. The van der Waals surface area contributed by atoms with Gasteiger partial charge in [-0.2, -0.15) is 0 Å². The van der Waals surface area contributed by atoms with Crippen LogP contribution in [0.25, 0.3) is 0 Å². The van der Waals surface area contributed by atoms with Gasteiger partial charge in [-0.25, -0.2) is 0 Å². The molecule has 1 N–H and O–H groups in total. The first kappa shape index (κ1) is 13.4. The van der Waals surface area contributed by atoms with E-state index in [9.17, 15) is 0 Å². The molecule has 2 unspecified atom stereocenters. The van der Waals surface area contributed by atoms with Crippen molar-refractivity contribution in [3.63, 3.8) is 0 Å². The van der Waals surface area contributed by atoms with E-state index in [1.54, 1.807) is 0 Å². The average Bonchev–Trinajstić information content (AvgIpc) is 2.82. The summed E-state index contributed by atoms with van der Waals surface area (Å²) < 4.78 is 5.51. The third kappa shape index (κ3) is 3.96. The van der Waals surface area contributed by atoms with Crippen LogP contribution in [-0.4, -0.2) is 25.8 Å². The molecule has 1 saturated carbocycles. The summed E-state index contributed by atoms with van der Waals surface area (Å²) in [5.41, 5.74) is 0. The van der Waals surface area contributed by atoms with Crippen LogP contribution in [0.4, 0.5) is 0 Å². The first-order valence-electron chi connectivity index (χ1n) is 7.60. The van der Waals surface area contributed by atoms with E-state index in [-0.39, 0.29) is 0 Å². The molecule has 0 spiro atoms. The molecule has 17 heavy (non-hydrogen) atoms. The monoisotopic (exact) mass is 239 g/mol. The second kappa shape index (κ2) is 6.75. The Labute approximate surface area is 107 Å². The minimum atomic E-state index is 0.749. The predicted molar refractivity (Wildman–Crippen MR) is 72.1 cm³/mol. The Kier molecular flexibility index (Phi) is 5.30. The second-order valence-electron chi connectivity index (χ2n) is 6.15. The van der Waals surface area contributed by atoms with Crippen molar-refractivity contribution in [2.75, 3.05) is 19.8 Å². The predicted octanol–water partition coefficient (Wildman–Crippen LogP) is 3.22. The van der Waals surface area contributed by atoms with Crippen LogP contribution >= 0.6 is 0 Å². The molecule has 1 saturated heterocycles. The van der Waals surface area contributed by atoms with Crippen molar-refractivity contribution in [1.29, 1.82) is 0 Å². The minimum absolute atomic E-state index is 0.749. The van der Waals surface area contributed by atoms with Crippen molar-refractivity contribution in [3.8, 4) is 0 Å². The van der Waals surface area contributed by atoms with Gasteiger partial charge in [-0.1, -0.05) is 26.7 Å². The lowest BCUT2D eigenvalue weighted by Crippen LogP contribution is -2.39. The summed E-state index contributed by atoms with van der Waals surface area (Å²) in [4.78, 5) is 0. The molecule has 2 atom stereocenters. The molecule has 0 aromatic heterocycles. The summed E-state index contributed by atoms with van der Waals surface area (Å²) in [6.45, 7) is 7.76. The number of nitrogens with one attached hydrogen (secondary N) is 1. The Morgan fingerprint density at radius 1 is 1.18 bits per heavy atom. The average molecular weight is 239 g/mol. The molecule has 0 aromatic rings. The Bertz CT molecular complexity index is 205. The largest absolute Gasteiger partial charge is 0.381 e. The summed E-state index contributed by atoms with van der Waals surface area (Å²) in [7, 11) is 0. The van der Waals surface area contributed by atoms with Crippen molar-refractivity contribution in [3.05, 3.63) is 0 Å². The van der Waals surface area contributed by atoms with Gasteiger partial charge in [0.25, 0.3) is 0 Å². The van der Waals surface area contributed by atoms with Crippen molar-refractivity contribution >= 4 is 0 Å². The standard InChI is InChI=1S/C15H29NO/c1-3-16-15(10-13-8-9-17-11-13)14-6-4-12(2)5-7-14/h12-16H,3-11H2,1-2H3. The van der Waals surface area contributed by atoms with Crippen LogP contribution in [0.2, 0.25) is 0 Å². The Morgan fingerprint density at radius 2 is 1.94 bits per heavy atom. The van der Waals surface area contributed by atoms with Gasteiger partial charge in [0.1, 0.15) is 0 Å². The highest BCUT2D eigenvalue weighted by Crippen LogP contribution is 2.33. The summed E-state index contributed by atoms with van der Waals surface area (Å²) >= 11 is 0. The summed E-state index contributed by atoms with van der Waals surface area (Å²) in [5, 5.41) is 3.74. The smallest absolute Gasteiger partial charge is 0.0495 e. The van der Waals surface area contributed by atoms with E-state index in [1.165, 1.54) is 38.5 Å². The van der Waals surface area contributed by atoms with Crippen LogP contribution in [0.15, 0.2) is 0 Å². The van der Waals surface area contributed by atoms with Crippen LogP contribution in [0.3, 0.4) is 0 Å². The third-order valence-electron chi connectivity index (χ3n) is 4.71. The van der Waals surface area contributed by atoms with E-state index in [0.29, 0.717) is 0 Å². The molecule has 2 heteroatoms. The Balaban J connectivity index is 1.82. The van der Waals surface area contributed by atoms with Gasteiger partial charge in [-0.05, 0) is 50.0 Å². The van der Waals surface area contributed by atoms with Crippen molar-refractivity contribution in [1.82, 2.24) is 5.32 Å². The maximum Gasteiger partial charge on any atom is 0.0495 e. The number of rotatable bonds is 5. The van der Waals surface area contributed by atoms with Gasteiger partial charge in [0.15, 0.2) is 0 Å². The molecule has 0 bridgehead atoms.